The van der Waals surface area contributed by atoms with Gasteiger partial charge in [-0.15, -0.1) is 0 Å². The van der Waals surface area contributed by atoms with Crippen LogP contribution in [0.2, 0.25) is 0 Å². The Morgan fingerprint density at radius 3 is 3.08 bits per heavy atom. The quantitative estimate of drug-likeness (QED) is 0.636. The van der Waals surface area contributed by atoms with Gasteiger partial charge in [0, 0.05) is 0 Å². The highest BCUT2D eigenvalue weighted by atomic mass is 15.2. The molecule has 3 heteroatoms. The first-order valence-electron chi connectivity index (χ1n) is 4.10. The van der Waals surface area contributed by atoms with Crippen LogP contribution in [0.1, 0.15) is 18.3 Å². The first kappa shape index (κ1) is 7.28. The third kappa shape index (κ3) is 1.07. The molecule has 2 aromatic heterocycles. The van der Waals surface area contributed by atoms with Gasteiger partial charge in [-0.1, -0.05) is 6.92 Å². The van der Waals surface area contributed by atoms with Crippen molar-refractivity contribution in [3.63, 3.8) is 0 Å². The number of aryl methyl sites for hydroxylation is 2. The van der Waals surface area contributed by atoms with Crippen LogP contribution in [0.4, 0.5) is 0 Å². The fourth-order valence-electron chi connectivity index (χ4n) is 1.24. The Kier molecular flexibility index (Phi) is 1.57. The summed E-state index contributed by atoms with van der Waals surface area (Å²) in [7, 11) is 0. The van der Waals surface area contributed by atoms with Crippen molar-refractivity contribution in [1.82, 2.24) is 14.6 Å². The van der Waals surface area contributed by atoms with Crippen LogP contribution in [-0.2, 0) is 6.42 Å². The summed E-state index contributed by atoms with van der Waals surface area (Å²) in [4.78, 5) is 4.28. The second kappa shape index (κ2) is 2.59. The SMILES string of the molecule is CCc1cn2nc(C)cc2cn1. The van der Waals surface area contributed by atoms with Crippen LogP contribution in [0.15, 0.2) is 18.5 Å². The third-order valence-corrected chi connectivity index (χ3v) is 1.88. The Balaban J connectivity index is 2.66. The highest BCUT2D eigenvalue weighted by Gasteiger charge is 1.97. The van der Waals surface area contributed by atoms with Gasteiger partial charge in [0.15, 0.2) is 0 Å². The van der Waals surface area contributed by atoms with E-state index in [-0.39, 0.29) is 0 Å². The van der Waals surface area contributed by atoms with Crippen molar-refractivity contribution in [1.29, 1.82) is 0 Å². The zero-order chi connectivity index (χ0) is 8.55. The monoisotopic (exact) mass is 161 g/mol. The second-order valence-corrected chi connectivity index (χ2v) is 2.89. The first-order valence-corrected chi connectivity index (χ1v) is 4.10. The standard InChI is InChI=1S/C9H11N3/c1-3-8-6-12-9(5-10-8)4-7(2)11-12/h4-6H,3H2,1-2H3. The summed E-state index contributed by atoms with van der Waals surface area (Å²) in [5.74, 6) is 0. The molecule has 0 fully saturated rings. The van der Waals surface area contributed by atoms with Crippen molar-refractivity contribution in [2.45, 2.75) is 20.3 Å². The van der Waals surface area contributed by atoms with Gasteiger partial charge in [-0.05, 0) is 19.4 Å². The molecule has 0 aliphatic heterocycles. The maximum absolute atomic E-state index is 4.30. The van der Waals surface area contributed by atoms with E-state index in [0.29, 0.717) is 0 Å². The normalized spacial score (nSPS) is 10.8. The van der Waals surface area contributed by atoms with Gasteiger partial charge in [0.1, 0.15) is 0 Å². The lowest BCUT2D eigenvalue weighted by Crippen LogP contribution is -1.93. The van der Waals surface area contributed by atoms with Gasteiger partial charge < -0.3 is 0 Å². The van der Waals surface area contributed by atoms with Gasteiger partial charge in [-0.3, -0.25) is 4.98 Å². The largest absolute Gasteiger partial charge is 0.257 e. The molecule has 12 heavy (non-hydrogen) atoms. The average molecular weight is 161 g/mol. The Hall–Kier alpha value is -1.38. The van der Waals surface area contributed by atoms with Crippen molar-refractivity contribution in [3.8, 4) is 0 Å². The molecule has 0 aliphatic rings. The molecule has 62 valence electrons. The fraction of sp³-hybridized carbons (Fsp3) is 0.333. The molecular formula is C9H11N3. The highest BCUT2D eigenvalue weighted by Crippen LogP contribution is 2.05. The van der Waals surface area contributed by atoms with E-state index in [1.54, 1.807) is 0 Å². The molecule has 0 radical (unpaired) electrons. The average Bonchev–Trinajstić information content (AvgIpc) is 2.43. The molecule has 0 amide bonds. The second-order valence-electron chi connectivity index (χ2n) is 2.89. The van der Waals surface area contributed by atoms with E-state index in [9.17, 15) is 0 Å². The van der Waals surface area contributed by atoms with Gasteiger partial charge in [0.05, 0.1) is 29.3 Å². The first-order chi connectivity index (χ1) is 5.79. The zero-order valence-corrected chi connectivity index (χ0v) is 7.28. The number of nitrogens with zero attached hydrogens (tertiary/aromatic N) is 3. The predicted octanol–water partition coefficient (Wildman–Crippen LogP) is 1.60. The highest BCUT2D eigenvalue weighted by molar-refractivity contribution is 5.44. The molecule has 0 atom stereocenters. The van der Waals surface area contributed by atoms with Crippen molar-refractivity contribution in [2.24, 2.45) is 0 Å². The lowest BCUT2D eigenvalue weighted by molar-refractivity contribution is 0.886. The summed E-state index contributed by atoms with van der Waals surface area (Å²) in [6, 6.07) is 2.02. The maximum atomic E-state index is 4.30. The predicted molar refractivity (Wildman–Crippen MR) is 47.1 cm³/mol. The molecule has 2 heterocycles. The molecule has 0 aliphatic carbocycles. The minimum absolute atomic E-state index is 0.953. The Labute approximate surface area is 71.1 Å². The summed E-state index contributed by atoms with van der Waals surface area (Å²) in [5.41, 5.74) is 3.17. The van der Waals surface area contributed by atoms with Gasteiger partial charge in [-0.2, -0.15) is 5.10 Å². The molecule has 2 rings (SSSR count). The fourth-order valence-corrected chi connectivity index (χ4v) is 1.24. The molecule has 3 nitrogen and oxygen atoms in total. The number of aromatic nitrogens is 3. The number of fused-ring (bicyclic) bond motifs is 1. The van der Waals surface area contributed by atoms with Crippen LogP contribution in [0.3, 0.4) is 0 Å². The molecule has 2 aromatic rings. The Morgan fingerprint density at radius 2 is 2.33 bits per heavy atom. The summed E-state index contributed by atoms with van der Waals surface area (Å²) in [6.07, 6.45) is 4.79. The Morgan fingerprint density at radius 1 is 1.50 bits per heavy atom. The van der Waals surface area contributed by atoms with Crippen molar-refractivity contribution in [3.05, 3.63) is 29.8 Å². The van der Waals surface area contributed by atoms with Gasteiger partial charge >= 0.3 is 0 Å². The van der Waals surface area contributed by atoms with E-state index in [4.69, 9.17) is 0 Å². The molecule has 0 spiro atoms. The topological polar surface area (TPSA) is 30.2 Å². The van der Waals surface area contributed by atoms with Crippen molar-refractivity contribution in [2.75, 3.05) is 0 Å². The van der Waals surface area contributed by atoms with E-state index in [1.165, 1.54) is 0 Å². The van der Waals surface area contributed by atoms with Crippen LogP contribution >= 0.6 is 0 Å². The summed E-state index contributed by atoms with van der Waals surface area (Å²) < 4.78 is 1.88. The lowest BCUT2D eigenvalue weighted by atomic mass is 10.3. The Bertz CT molecular complexity index is 403. The minimum atomic E-state index is 0.953. The smallest absolute Gasteiger partial charge is 0.0847 e. The third-order valence-electron chi connectivity index (χ3n) is 1.88. The molecule has 0 saturated heterocycles. The lowest BCUT2D eigenvalue weighted by Gasteiger charge is -1.95. The van der Waals surface area contributed by atoms with Crippen LogP contribution in [0.5, 0.6) is 0 Å². The van der Waals surface area contributed by atoms with Crippen LogP contribution in [0.25, 0.3) is 5.52 Å². The molecule has 0 bridgehead atoms. The van der Waals surface area contributed by atoms with Crippen molar-refractivity contribution < 1.29 is 0 Å². The molecule has 0 unspecified atom stereocenters. The van der Waals surface area contributed by atoms with Crippen LogP contribution < -0.4 is 0 Å². The van der Waals surface area contributed by atoms with E-state index in [1.807, 2.05) is 29.9 Å². The van der Waals surface area contributed by atoms with Gasteiger partial charge in [-0.25, -0.2) is 4.52 Å². The maximum Gasteiger partial charge on any atom is 0.0847 e. The van der Waals surface area contributed by atoms with E-state index in [2.05, 4.69) is 17.0 Å². The summed E-state index contributed by atoms with van der Waals surface area (Å²) in [6.45, 7) is 4.07. The molecule has 0 saturated carbocycles. The van der Waals surface area contributed by atoms with Crippen LogP contribution in [0, 0.1) is 6.92 Å². The zero-order valence-electron chi connectivity index (χ0n) is 7.28. The van der Waals surface area contributed by atoms with E-state index < -0.39 is 0 Å². The number of rotatable bonds is 1. The van der Waals surface area contributed by atoms with Gasteiger partial charge in [0.2, 0.25) is 0 Å². The van der Waals surface area contributed by atoms with Crippen molar-refractivity contribution >= 4 is 5.52 Å². The molecule has 0 aromatic carbocycles. The van der Waals surface area contributed by atoms with Gasteiger partial charge in [0.25, 0.3) is 0 Å². The summed E-state index contributed by atoms with van der Waals surface area (Å²) >= 11 is 0. The summed E-state index contributed by atoms with van der Waals surface area (Å²) in [5, 5.41) is 4.30. The van der Waals surface area contributed by atoms with E-state index in [0.717, 1.165) is 23.3 Å². The minimum Gasteiger partial charge on any atom is -0.257 e. The number of hydrogen-bond donors (Lipinski definition) is 0. The number of hydrogen-bond acceptors (Lipinski definition) is 2. The van der Waals surface area contributed by atoms with Crippen LogP contribution in [-0.4, -0.2) is 14.6 Å². The molecular weight excluding hydrogens is 150 g/mol. The molecule has 0 N–H and O–H groups in total. The van der Waals surface area contributed by atoms with E-state index >= 15 is 0 Å².